The molecule has 0 unspecified atom stereocenters. The van der Waals surface area contributed by atoms with E-state index in [2.05, 4.69) is 18.4 Å². The van der Waals surface area contributed by atoms with Crippen LogP contribution in [-0.4, -0.2) is 11.2 Å². The molecule has 0 aromatic heterocycles. The van der Waals surface area contributed by atoms with Gasteiger partial charge in [-0.2, -0.15) is 0 Å². The van der Waals surface area contributed by atoms with Crippen LogP contribution in [0, 0.1) is 17.3 Å². The van der Waals surface area contributed by atoms with Gasteiger partial charge < -0.3 is 5.11 Å². The second-order valence-corrected chi connectivity index (χ2v) is 5.67. The summed E-state index contributed by atoms with van der Waals surface area (Å²) in [4.78, 5) is 0. The molecule has 1 N–H and O–H groups in total. The Morgan fingerprint density at radius 1 is 1.37 bits per heavy atom. The summed E-state index contributed by atoms with van der Waals surface area (Å²) in [5.74, 6) is 6.61. The molecule has 1 aliphatic carbocycles. The highest BCUT2D eigenvalue weighted by molar-refractivity contribution is 5.36. The van der Waals surface area contributed by atoms with Gasteiger partial charge in [0.1, 0.15) is 0 Å². The van der Waals surface area contributed by atoms with Crippen molar-refractivity contribution in [3.05, 3.63) is 48.0 Å². The summed E-state index contributed by atoms with van der Waals surface area (Å²) in [6.07, 6.45) is 4.56. The topological polar surface area (TPSA) is 20.2 Å². The molecule has 1 aromatic rings. The molecule has 1 saturated carbocycles. The molecule has 0 spiro atoms. The predicted molar refractivity (Wildman–Crippen MR) is 79.7 cm³/mol. The lowest BCUT2D eigenvalue weighted by molar-refractivity contribution is 0.0275. The zero-order chi connectivity index (χ0) is 13.7. The summed E-state index contributed by atoms with van der Waals surface area (Å²) in [5.41, 5.74) is 1.82. The van der Waals surface area contributed by atoms with Crippen LogP contribution in [0.3, 0.4) is 0 Å². The van der Waals surface area contributed by atoms with Crippen molar-refractivity contribution < 1.29 is 5.11 Å². The molecule has 19 heavy (non-hydrogen) atoms. The van der Waals surface area contributed by atoms with E-state index in [1.54, 1.807) is 0 Å². The molecule has 0 radical (unpaired) electrons. The zero-order valence-corrected chi connectivity index (χ0v) is 11.7. The molecular weight excluding hydrogens is 232 g/mol. The van der Waals surface area contributed by atoms with Gasteiger partial charge in [-0.15, -0.1) is 6.58 Å². The first kappa shape index (κ1) is 13.9. The van der Waals surface area contributed by atoms with Crippen molar-refractivity contribution in [3.63, 3.8) is 0 Å². The number of aliphatic hydroxyl groups is 1. The third-order valence-corrected chi connectivity index (χ3v) is 3.84. The van der Waals surface area contributed by atoms with Gasteiger partial charge in [-0.25, -0.2) is 0 Å². The normalized spacial score (nSPS) is 26.3. The van der Waals surface area contributed by atoms with Crippen molar-refractivity contribution in [2.75, 3.05) is 0 Å². The first-order valence-electron chi connectivity index (χ1n) is 7.03. The molecule has 1 heteroatoms. The van der Waals surface area contributed by atoms with Crippen LogP contribution in [0.15, 0.2) is 42.5 Å². The van der Waals surface area contributed by atoms with Crippen molar-refractivity contribution in [1.82, 2.24) is 0 Å². The predicted octanol–water partition coefficient (Wildman–Crippen LogP) is 3.93. The van der Waals surface area contributed by atoms with Gasteiger partial charge in [0.05, 0.1) is 11.5 Å². The highest BCUT2D eigenvalue weighted by Gasteiger charge is 2.38. The van der Waals surface area contributed by atoms with Crippen LogP contribution in [0.4, 0.5) is 0 Å². The fourth-order valence-corrected chi connectivity index (χ4v) is 2.87. The molecule has 2 rings (SSSR count). The van der Waals surface area contributed by atoms with Crippen molar-refractivity contribution >= 4 is 0 Å². The third kappa shape index (κ3) is 3.49. The van der Waals surface area contributed by atoms with Gasteiger partial charge in [-0.1, -0.05) is 48.5 Å². The Balaban J connectivity index is 2.28. The molecular formula is C18H22O. The lowest BCUT2D eigenvalue weighted by Crippen LogP contribution is -2.37. The number of hydrogen-bond acceptors (Lipinski definition) is 1. The van der Waals surface area contributed by atoms with Crippen LogP contribution in [0.5, 0.6) is 0 Å². The quantitative estimate of drug-likeness (QED) is 0.626. The summed E-state index contributed by atoms with van der Waals surface area (Å²) in [7, 11) is 0. The maximum Gasteiger partial charge on any atom is 0.0708 e. The van der Waals surface area contributed by atoms with Gasteiger partial charge in [-0.05, 0) is 38.3 Å². The average Bonchev–Trinajstić information content (AvgIpc) is 2.40. The largest absolute Gasteiger partial charge is 0.392 e. The number of rotatable bonds is 2. The van der Waals surface area contributed by atoms with E-state index in [9.17, 15) is 5.11 Å². The Hall–Kier alpha value is -1.52. The van der Waals surface area contributed by atoms with Crippen LogP contribution in [0.1, 0.15) is 44.6 Å². The fourth-order valence-electron chi connectivity index (χ4n) is 2.87. The first-order valence-corrected chi connectivity index (χ1v) is 7.03. The minimum absolute atomic E-state index is 0.292. The highest BCUT2D eigenvalue weighted by atomic mass is 16.3. The minimum Gasteiger partial charge on any atom is -0.392 e. The summed E-state index contributed by atoms with van der Waals surface area (Å²) in [6, 6.07) is 10.00. The van der Waals surface area contributed by atoms with Crippen LogP contribution < -0.4 is 0 Å². The van der Waals surface area contributed by atoms with Gasteiger partial charge in [-0.3, -0.25) is 0 Å². The van der Waals surface area contributed by atoms with Gasteiger partial charge in [0.25, 0.3) is 0 Å². The monoisotopic (exact) mass is 254 g/mol. The molecule has 0 saturated heterocycles. The van der Waals surface area contributed by atoms with Crippen molar-refractivity contribution in [1.29, 1.82) is 0 Å². The molecule has 0 bridgehead atoms. The van der Waals surface area contributed by atoms with Crippen LogP contribution in [0.2, 0.25) is 0 Å². The van der Waals surface area contributed by atoms with Crippen molar-refractivity contribution in [3.8, 4) is 11.8 Å². The first-order chi connectivity index (χ1) is 9.12. The van der Waals surface area contributed by atoms with Gasteiger partial charge in [0.2, 0.25) is 0 Å². The standard InChI is InChI=1S/C18H22O/c1-15(2)14-18(12-7-6-10-17(18)19)13-11-16-8-4-3-5-9-16/h3-5,8-9,17,19H,1,6-7,10,12,14H2,2H3/t17-,18-/m0/s1. The average molecular weight is 254 g/mol. The van der Waals surface area contributed by atoms with E-state index < -0.39 is 0 Å². The zero-order valence-electron chi connectivity index (χ0n) is 11.7. The maximum absolute atomic E-state index is 10.4. The molecule has 0 amide bonds. The Kier molecular flexibility index (Phi) is 4.45. The third-order valence-electron chi connectivity index (χ3n) is 3.84. The number of aliphatic hydroxyl groups excluding tert-OH is 1. The summed E-state index contributed by atoms with van der Waals surface area (Å²) in [5, 5.41) is 10.4. The van der Waals surface area contributed by atoms with Crippen LogP contribution in [-0.2, 0) is 0 Å². The Bertz CT molecular complexity index is 491. The molecule has 1 nitrogen and oxygen atoms in total. The SMILES string of the molecule is C=C(C)C[C@@]1(C#Cc2ccccc2)CCCC[C@@H]1O. The van der Waals surface area contributed by atoms with E-state index in [0.717, 1.165) is 43.2 Å². The lowest BCUT2D eigenvalue weighted by Gasteiger charge is -2.37. The summed E-state index contributed by atoms with van der Waals surface area (Å²) >= 11 is 0. The maximum atomic E-state index is 10.4. The second-order valence-electron chi connectivity index (χ2n) is 5.67. The van der Waals surface area contributed by atoms with E-state index >= 15 is 0 Å². The Morgan fingerprint density at radius 3 is 2.74 bits per heavy atom. The number of hydrogen-bond donors (Lipinski definition) is 1. The molecule has 1 aromatic carbocycles. The van der Waals surface area contributed by atoms with Gasteiger partial charge in [0, 0.05) is 5.56 Å². The number of benzene rings is 1. The highest BCUT2D eigenvalue weighted by Crippen LogP contribution is 2.40. The Morgan fingerprint density at radius 2 is 2.11 bits per heavy atom. The molecule has 0 heterocycles. The van der Waals surface area contributed by atoms with Crippen molar-refractivity contribution in [2.45, 2.75) is 45.1 Å². The molecule has 2 atom stereocenters. The van der Waals surface area contributed by atoms with Gasteiger partial charge >= 0.3 is 0 Å². The smallest absolute Gasteiger partial charge is 0.0708 e. The molecule has 1 aliphatic rings. The number of allylic oxidation sites excluding steroid dienone is 1. The second kappa shape index (κ2) is 6.08. The minimum atomic E-state index is -0.325. The molecule has 1 fully saturated rings. The Labute approximate surface area is 116 Å². The lowest BCUT2D eigenvalue weighted by atomic mass is 9.69. The van der Waals surface area contributed by atoms with E-state index in [1.165, 1.54) is 0 Å². The van der Waals surface area contributed by atoms with Crippen LogP contribution >= 0.6 is 0 Å². The van der Waals surface area contributed by atoms with Crippen molar-refractivity contribution in [2.24, 2.45) is 5.41 Å². The summed E-state index contributed by atoms with van der Waals surface area (Å²) < 4.78 is 0. The fraction of sp³-hybridized carbons (Fsp3) is 0.444. The van der Waals surface area contributed by atoms with E-state index in [4.69, 9.17) is 0 Å². The van der Waals surface area contributed by atoms with E-state index in [-0.39, 0.29) is 11.5 Å². The van der Waals surface area contributed by atoms with Crippen LogP contribution in [0.25, 0.3) is 0 Å². The van der Waals surface area contributed by atoms with E-state index in [0.29, 0.717) is 0 Å². The molecule has 100 valence electrons. The van der Waals surface area contributed by atoms with E-state index in [1.807, 2.05) is 37.3 Å². The molecule has 0 aliphatic heterocycles. The van der Waals surface area contributed by atoms with Gasteiger partial charge in [0.15, 0.2) is 0 Å². The summed E-state index contributed by atoms with van der Waals surface area (Å²) in [6.45, 7) is 6.03.